The second kappa shape index (κ2) is 7.60. The minimum absolute atomic E-state index is 0.00933. The van der Waals surface area contributed by atoms with E-state index in [0.29, 0.717) is 19.0 Å². The van der Waals surface area contributed by atoms with Crippen LogP contribution >= 0.6 is 0 Å². The van der Waals surface area contributed by atoms with Gasteiger partial charge in [0.2, 0.25) is 5.82 Å². The molecule has 0 saturated carbocycles. The molecule has 100 valence electrons. The zero-order valence-corrected chi connectivity index (χ0v) is 10.8. The molecule has 0 spiro atoms. The van der Waals surface area contributed by atoms with Crippen molar-refractivity contribution >= 4 is 11.5 Å². The van der Waals surface area contributed by atoms with Gasteiger partial charge in [-0.3, -0.25) is 10.1 Å². The lowest BCUT2D eigenvalue weighted by molar-refractivity contribution is -0.384. The van der Waals surface area contributed by atoms with Crippen molar-refractivity contribution in [1.82, 2.24) is 4.98 Å². The van der Waals surface area contributed by atoms with E-state index >= 15 is 0 Å². The Bertz CT molecular complexity index is 396. The maximum atomic E-state index is 10.8. The minimum atomic E-state index is -0.428. The van der Waals surface area contributed by atoms with Gasteiger partial charge in [-0.15, -0.1) is 0 Å². The number of rotatable bonds is 8. The van der Waals surface area contributed by atoms with Gasteiger partial charge in [-0.1, -0.05) is 6.92 Å². The van der Waals surface area contributed by atoms with E-state index in [9.17, 15) is 10.1 Å². The number of pyridine rings is 1. The minimum Gasteiger partial charge on any atom is -0.381 e. The van der Waals surface area contributed by atoms with Gasteiger partial charge >= 0.3 is 5.69 Å². The average Bonchev–Trinajstić information content (AvgIpc) is 2.33. The Morgan fingerprint density at radius 2 is 2.22 bits per heavy atom. The van der Waals surface area contributed by atoms with E-state index in [1.165, 1.54) is 6.07 Å². The molecular weight excluding hydrogens is 234 g/mol. The molecule has 0 aliphatic rings. The van der Waals surface area contributed by atoms with Gasteiger partial charge in [0.1, 0.15) is 0 Å². The van der Waals surface area contributed by atoms with E-state index in [-0.39, 0.29) is 5.69 Å². The summed E-state index contributed by atoms with van der Waals surface area (Å²) in [6.07, 6.45) is 1.80. The Balaban J connectivity index is 2.45. The van der Waals surface area contributed by atoms with E-state index in [0.717, 1.165) is 25.1 Å². The molecule has 0 saturated heterocycles. The van der Waals surface area contributed by atoms with Crippen LogP contribution < -0.4 is 5.32 Å². The van der Waals surface area contributed by atoms with E-state index in [2.05, 4.69) is 17.2 Å². The SMILES string of the molecule is CCCOCCCNc1nc(C)ccc1[N+](=O)[O-]. The van der Waals surface area contributed by atoms with Crippen LogP contribution in [0.4, 0.5) is 11.5 Å². The summed E-state index contributed by atoms with van der Waals surface area (Å²) in [5.41, 5.74) is 0.764. The Morgan fingerprint density at radius 1 is 1.44 bits per heavy atom. The average molecular weight is 253 g/mol. The van der Waals surface area contributed by atoms with Gasteiger partial charge in [-0.2, -0.15) is 0 Å². The second-order valence-electron chi connectivity index (χ2n) is 3.97. The molecule has 0 aliphatic carbocycles. The molecule has 0 atom stereocenters. The van der Waals surface area contributed by atoms with E-state index < -0.39 is 4.92 Å². The van der Waals surface area contributed by atoms with Gasteiger partial charge in [0.25, 0.3) is 0 Å². The zero-order valence-electron chi connectivity index (χ0n) is 10.8. The lowest BCUT2D eigenvalue weighted by atomic mass is 10.3. The van der Waals surface area contributed by atoms with Gasteiger partial charge in [0, 0.05) is 31.5 Å². The molecule has 1 N–H and O–H groups in total. The number of nitrogens with one attached hydrogen (secondary N) is 1. The van der Waals surface area contributed by atoms with Gasteiger partial charge in [0.05, 0.1) is 4.92 Å². The highest BCUT2D eigenvalue weighted by Gasteiger charge is 2.14. The highest BCUT2D eigenvalue weighted by molar-refractivity contribution is 5.55. The first kappa shape index (κ1) is 14.4. The van der Waals surface area contributed by atoms with Crippen LogP contribution in [0, 0.1) is 17.0 Å². The van der Waals surface area contributed by atoms with E-state index in [1.807, 2.05) is 0 Å². The fourth-order valence-electron chi connectivity index (χ4n) is 1.45. The summed E-state index contributed by atoms with van der Waals surface area (Å²) in [6, 6.07) is 3.10. The smallest absolute Gasteiger partial charge is 0.311 e. The molecule has 18 heavy (non-hydrogen) atoms. The Morgan fingerprint density at radius 3 is 2.89 bits per heavy atom. The molecule has 6 heteroatoms. The highest BCUT2D eigenvalue weighted by Crippen LogP contribution is 2.21. The molecule has 6 nitrogen and oxygen atoms in total. The summed E-state index contributed by atoms with van der Waals surface area (Å²) < 4.78 is 5.33. The highest BCUT2D eigenvalue weighted by atomic mass is 16.6. The molecular formula is C12H19N3O3. The maximum absolute atomic E-state index is 10.8. The van der Waals surface area contributed by atoms with Crippen LogP contribution in [0.15, 0.2) is 12.1 Å². The number of hydrogen-bond donors (Lipinski definition) is 1. The molecule has 0 amide bonds. The van der Waals surface area contributed by atoms with Gasteiger partial charge in [0.15, 0.2) is 0 Å². The third-order valence-electron chi connectivity index (χ3n) is 2.32. The summed E-state index contributed by atoms with van der Waals surface area (Å²) in [5.74, 6) is 0.329. The van der Waals surface area contributed by atoms with Crippen molar-refractivity contribution in [2.24, 2.45) is 0 Å². The van der Waals surface area contributed by atoms with Crippen LogP contribution in [0.2, 0.25) is 0 Å². The Kier molecular flexibility index (Phi) is 6.07. The number of aryl methyl sites for hydroxylation is 1. The molecule has 0 radical (unpaired) electrons. The second-order valence-corrected chi connectivity index (χ2v) is 3.97. The Hall–Kier alpha value is -1.69. The van der Waals surface area contributed by atoms with Gasteiger partial charge < -0.3 is 10.1 Å². The predicted molar refractivity (Wildman–Crippen MR) is 69.8 cm³/mol. The largest absolute Gasteiger partial charge is 0.381 e. The zero-order chi connectivity index (χ0) is 13.4. The number of aromatic nitrogens is 1. The molecule has 0 bridgehead atoms. The lowest BCUT2D eigenvalue weighted by Crippen LogP contribution is -2.09. The predicted octanol–water partition coefficient (Wildman–Crippen LogP) is 2.53. The number of hydrogen-bond acceptors (Lipinski definition) is 5. The third-order valence-corrected chi connectivity index (χ3v) is 2.32. The van der Waals surface area contributed by atoms with Gasteiger partial charge in [-0.25, -0.2) is 4.98 Å². The molecule has 1 aromatic heterocycles. The fourth-order valence-corrected chi connectivity index (χ4v) is 1.45. The van der Waals surface area contributed by atoms with Crippen molar-refractivity contribution in [3.63, 3.8) is 0 Å². The molecule has 1 aromatic rings. The molecule has 0 aromatic carbocycles. The fraction of sp³-hybridized carbons (Fsp3) is 0.583. The molecule has 0 aliphatic heterocycles. The summed E-state index contributed by atoms with van der Waals surface area (Å²) in [4.78, 5) is 14.5. The van der Waals surface area contributed by atoms with Crippen LogP contribution in [0.5, 0.6) is 0 Å². The van der Waals surface area contributed by atoms with Crippen molar-refractivity contribution in [2.75, 3.05) is 25.1 Å². The van der Waals surface area contributed by atoms with Crippen LogP contribution in [0.3, 0.4) is 0 Å². The van der Waals surface area contributed by atoms with Crippen LogP contribution in [-0.4, -0.2) is 29.7 Å². The van der Waals surface area contributed by atoms with Crippen LogP contribution in [0.25, 0.3) is 0 Å². The summed E-state index contributed by atoms with van der Waals surface area (Å²) >= 11 is 0. The van der Waals surface area contributed by atoms with Crippen molar-refractivity contribution < 1.29 is 9.66 Å². The topological polar surface area (TPSA) is 77.3 Å². The van der Waals surface area contributed by atoms with Crippen LogP contribution in [-0.2, 0) is 4.74 Å². The van der Waals surface area contributed by atoms with E-state index in [4.69, 9.17) is 4.74 Å². The first-order valence-electron chi connectivity index (χ1n) is 6.08. The van der Waals surface area contributed by atoms with E-state index in [1.54, 1.807) is 13.0 Å². The quantitative estimate of drug-likeness (QED) is 0.437. The molecule has 1 heterocycles. The van der Waals surface area contributed by atoms with Gasteiger partial charge in [-0.05, 0) is 25.8 Å². The first-order chi connectivity index (χ1) is 8.65. The number of anilines is 1. The molecule has 0 fully saturated rings. The van der Waals surface area contributed by atoms with Crippen LogP contribution in [0.1, 0.15) is 25.5 Å². The Labute approximate surface area is 107 Å². The van der Waals surface area contributed by atoms with Crippen molar-refractivity contribution in [3.05, 3.63) is 27.9 Å². The maximum Gasteiger partial charge on any atom is 0.311 e. The standard InChI is InChI=1S/C12H19N3O3/c1-3-8-18-9-4-7-13-12-11(15(16)17)6-5-10(2)14-12/h5-6H,3-4,7-9H2,1-2H3,(H,13,14). The normalized spacial score (nSPS) is 10.3. The number of nitro groups is 1. The van der Waals surface area contributed by atoms with Crippen molar-refractivity contribution in [2.45, 2.75) is 26.7 Å². The summed E-state index contributed by atoms with van der Waals surface area (Å²) in [7, 11) is 0. The number of nitrogens with zero attached hydrogens (tertiary/aromatic N) is 2. The van der Waals surface area contributed by atoms with Crippen molar-refractivity contribution in [3.8, 4) is 0 Å². The van der Waals surface area contributed by atoms with Crippen molar-refractivity contribution in [1.29, 1.82) is 0 Å². The summed E-state index contributed by atoms with van der Waals surface area (Å²) in [6.45, 7) is 5.88. The first-order valence-corrected chi connectivity index (χ1v) is 6.08. The lowest BCUT2D eigenvalue weighted by Gasteiger charge is -2.07. The monoisotopic (exact) mass is 253 g/mol. The molecule has 1 rings (SSSR count). The number of ether oxygens (including phenoxy) is 1. The molecule has 0 unspecified atom stereocenters. The summed E-state index contributed by atoms with van der Waals surface area (Å²) in [5, 5.41) is 13.8. The third kappa shape index (κ3) is 4.67.